The number of carbonyl (C=O) groups is 1. The molecule has 1 aromatic heterocycles. The largest absolute Gasteiger partial charge is 0.322 e. The first kappa shape index (κ1) is 27.2. The van der Waals surface area contributed by atoms with E-state index in [4.69, 9.17) is 0 Å². The minimum Gasteiger partial charge on any atom is -0.322 e. The molecule has 212 valence electrons. The number of piperidine rings is 1. The second-order valence-electron chi connectivity index (χ2n) is 10.9. The van der Waals surface area contributed by atoms with Crippen molar-refractivity contribution in [2.75, 3.05) is 22.7 Å². The van der Waals surface area contributed by atoms with Gasteiger partial charge < -0.3 is 5.32 Å². The third-order valence-corrected chi connectivity index (χ3v) is 9.61. The Kier molecular flexibility index (Phi) is 7.59. The second kappa shape index (κ2) is 11.5. The number of amides is 1. The standard InChI is InChI=1S/C31H34N6O3S/c1-23-9-15-27(16-10-23)41(39,40)37-29-8-4-3-7-28(29)32-31(38)30(37)19-26-22-36(34-33-26)21-25-13-11-24(12-14-25)20-35-17-5-2-6-18-35/h3-4,7-16,22,30H,2,5-6,17-21H2,1H3,(H,32,38)/t30-/m1/s1. The topological polar surface area (TPSA) is 100 Å². The van der Waals surface area contributed by atoms with Gasteiger partial charge in [-0.1, -0.05) is 65.7 Å². The van der Waals surface area contributed by atoms with Crippen LogP contribution in [0, 0.1) is 6.92 Å². The highest BCUT2D eigenvalue weighted by Crippen LogP contribution is 2.37. The van der Waals surface area contributed by atoms with E-state index >= 15 is 0 Å². The third kappa shape index (κ3) is 5.89. The van der Waals surface area contributed by atoms with Crippen LogP contribution in [-0.2, 0) is 34.3 Å². The molecule has 1 fully saturated rings. The molecule has 1 amide bonds. The van der Waals surface area contributed by atoms with E-state index in [2.05, 4.69) is 44.8 Å². The summed E-state index contributed by atoms with van der Waals surface area (Å²) < 4.78 is 30.8. The number of para-hydroxylation sites is 2. The van der Waals surface area contributed by atoms with E-state index in [0.717, 1.165) is 30.8 Å². The van der Waals surface area contributed by atoms with Crippen LogP contribution < -0.4 is 9.62 Å². The van der Waals surface area contributed by atoms with E-state index in [1.165, 1.54) is 29.1 Å². The number of aromatic nitrogens is 3. The van der Waals surface area contributed by atoms with Gasteiger partial charge >= 0.3 is 0 Å². The van der Waals surface area contributed by atoms with Crippen LogP contribution in [0.3, 0.4) is 0 Å². The first-order valence-electron chi connectivity index (χ1n) is 14.1. The van der Waals surface area contributed by atoms with Gasteiger partial charge in [-0.05, 0) is 68.2 Å². The minimum atomic E-state index is -4.04. The number of nitrogens with zero attached hydrogens (tertiary/aromatic N) is 5. The van der Waals surface area contributed by atoms with Gasteiger partial charge in [0.15, 0.2) is 0 Å². The van der Waals surface area contributed by atoms with Crippen molar-refractivity contribution in [1.82, 2.24) is 19.9 Å². The lowest BCUT2D eigenvalue weighted by atomic mass is 10.1. The highest BCUT2D eigenvalue weighted by molar-refractivity contribution is 7.93. The molecule has 0 unspecified atom stereocenters. The molecule has 0 radical (unpaired) electrons. The van der Waals surface area contributed by atoms with E-state index in [9.17, 15) is 13.2 Å². The van der Waals surface area contributed by atoms with Crippen LogP contribution in [0.2, 0.25) is 0 Å². The highest BCUT2D eigenvalue weighted by atomic mass is 32.2. The number of hydrogen-bond acceptors (Lipinski definition) is 6. The molecule has 3 aromatic carbocycles. The maximum absolute atomic E-state index is 13.9. The Morgan fingerprint density at radius 1 is 0.878 bits per heavy atom. The summed E-state index contributed by atoms with van der Waals surface area (Å²) in [6, 6.07) is 21.1. The lowest BCUT2D eigenvalue weighted by Gasteiger charge is -2.36. The van der Waals surface area contributed by atoms with Crippen LogP contribution in [-0.4, -0.2) is 53.4 Å². The zero-order valence-corrected chi connectivity index (χ0v) is 23.9. The fourth-order valence-corrected chi connectivity index (χ4v) is 7.21. The maximum Gasteiger partial charge on any atom is 0.265 e. The van der Waals surface area contributed by atoms with Gasteiger partial charge in [0, 0.05) is 19.2 Å². The van der Waals surface area contributed by atoms with Crippen LogP contribution in [0.15, 0.2) is 83.9 Å². The van der Waals surface area contributed by atoms with Gasteiger partial charge in [-0.3, -0.25) is 14.0 Å². The Hall–Kier alpha value is -4.02. The smallest absolute Gasteiger partial charge is 0.265 e. The summed E-state index contributed by atoms with van der Waals surface area (Å²) in [5.41, 5.74) is 4.76. The molecule has 0 spiro atoms. The van der Waals surface area contributed by atoms with E-state index in [-0.39, 0.29) is 11.3 Å². The summed E-state index contributed by atoms with van der Waals surface area (Å²) in [6.07, 6.45) is 5.75. The van der Waals surface area contributed by atoms with Gasteiger partial charge in [0.05, 0.1) is 28.5 Å². The quantitative estimate of drug-likeness (QED) is 0.338. The lowest BCUT2D eigenvalue weighted by molar-refractivity contribution is -0.117. The average Bonchev–Trinajstić information content (AvgIpc) is 3.42. The predicted molar refractivity (Wildman–Crippen MR) is 158 cm³/mol. The normalized spacial score (nSPS) is 17.7. The van der Waals surface area contributed by atoms with Gasteiger partial charge in [0.25, 0.3) is 10.0 Å². The number of hydrogen-bond donors (Lipinski definition) is 1. The van der Waals surface area contributed by atoms with Crippen LogP contribution >= 0.6 is 0 Å². The van der Waals surface area contributed by atoms with E-state index < -0.39 is 22.0 Å². The molecule has 4 aromatic rings. The molecule has 0 aliphatic carbocycles. The maximum atomic E-state index is 13.9. The van der Waals surface area contributed by atoms with Crippen molar-refractivity contribution < 1.29 is 13.2 Å². The molecule has 9 nitrogen and oxygen atoms in total. The minimum absolute atomic E-state index is 0.0834. The molecule has 0 saturated carbocycles. The van der Waals surface area contributed by atoms with E-state index in [0.29, 0.717) is 23.6 Å². The van der Waals surface area contributed by atoms with E-state index in [1.807, 2.05) is 6.92 Å². The number of aryl methyl sites for hydroxylation is 1. The number of carbonyl (C=O) groups excluding carboxylic acids is 1. The predicted octanol–water partition coefficient (Wildman–Crippen LogP) is 4.38. The Balaban J connectivity index is 1.20. The number of nitrogens with one attached hydrogen (secondary N) is 1. The summed E-state index contributed by atoms with van der Waals surface area (Å²) in [6.45, 7) is 5.73. The monoisotopic (exact) mass is 570 g/mol. The fraction of sp³-hybridized carbons (Fsp3) is 0.323. The van der Waals surface area contributed by atoms with Crippen molar-refractivity contribution in [2.24, 2.45) is 0 Å². The third-order valence-electron chi connectivity index (χ3n) is 7.77. The van der Waals surface area contributed by atoms with Crippen molar-refractivity contribution in [3.05, 3.63) is 101 Å². The molecule has 1 N–H and O–H groups in total. The summed E-state index contributed by atoms with van der Waals surface area (Å²) in [5, 5.41) is 11.4. The summed E-state index contributed by atoms with van der Waals surface area (Å²) >= 11 is 0. The Morgan fingerprint density at radius 2 is 1.56 bits per heavy atom. The van der Waals surface area contributed by atoms with Crippen molar-refractivity contribution in [1.29, 1.82) is 0 Å². The Bertz CT molecular complexity index is 1630. The molecule has 2 aliphatic heterocycles. The SMILES string of the molecule is Cc1ccc(S(=O)(=O)N2c3ccccc3NC(=O)[C@H]2Cc2cn(Cc3ccc(CN4CCCCC4)cc3)nn2)cc1. The first-order chi connectivity index (χ1) is 19.9. The molecular weight excluding hydrogens is 536 g/mol. The second-order valence-corrected chi connectivity index (χ2v) is 12.7. The highest BCUT2D eigenvalue weighted by Gasteiger charge is 2.41. The molecule has 0 bridgehead atoms. The van der Waals surface area contributed by atoms with Crippen molar-refractivity contribution in [3.63, 3.8) is 0 Å². The number of anilines is 2. The Morgan fingerprint density at radius 3 is 2.29 bits per heavy atom. The van der Waals surface area contributed by atoms with Gasteiger partial charge in [-0.2, -0.15) is 0 Å². The average molecular weight is 571 g/mol. The number of sulfonamides is 1. The van der Waals surface area contributed by atoms with Gasteiger partial charge in [-0.25, -0.2) is 13.1 Å². The van der Waals surface area contributed by atoms with E-state index in [1.54, 1.807) is 59.4 Å². The molecule has 41 heavy (non-hydrogen) atoms. The molecule has 6 rings (SSSR count). The molecule has 1 atom stereocenters. The Labute approximate surface area is 240 Å². The van der Waals surface area contributed by atoms with Gasteiger partial charge in [0.2, 0.25) is 5.91 Å². The first-order valence-corrected chi connectivity index (χ1v) is 15.5. The number of fused-ring (bicyclic) bond motifs is 1. The number of likely N-dealkylation sites (tertiary alicyclic amines) is 1. The van der Waals surface area contributed by atoms with Gasteiger partial charge in [-0.15, -0.1) is 5.10 Å². The zero-order chi connectivity index (χ0) is 28.4. The molecule has 1 saturated heterocycles. The zero-order valence-electron chi connectivity index (χ0n) is 23.1. The van der Waals surface area contributed by atoms with Crippen LogP contribution in [0.1, 0.15) is 41.6 Å². The molecule has 10 heteroatoms. The summed E-state index contributed by atoms with van der Waals surface area (Å²) in [4.78, 5) is 15.9. The summed E-state index contributed by atoms with van der Waals surface area (Å²) in [7, 11) is -4.04. The van der Waals surface area contributed by atoms with Crippen molar-refractivity contribution >= 4 is 27.3 Å². The molecular formula is C31H34N6O3S. The molecule has 3 heterocycles. The fourth-order valence-electron chi connectivity index (χ4n) is 5.58. The number of benzene rings is 3. The molecule has 2 aliphatic rings. The van der Waals surface area contributed by atoms with Gasteiger partial charge in [0.1, 0.15) is 6.04 Å². The van der Waals surface area contributed by atoms with Crippen molar-refractivity contribution in [2.45, 2.75) is 56.6 Å². The van der Waals surface area contributed by atoms with Crippen LogP contribution in [0.25, 0.3) is 0 Å². The van der Waals surface area contributed by atoms with Crippen LogP contribution in [0.4, 0.5) is 11.4 Å². The van der Waals surface area contributed by atoms with Crippen molar-refractivity contribution in [3.8, 4) is 0 Å². The number of rotatable bonds is 8. The summed E-state index contributed by atoms with van der Waals surface area (Å²) in [5.74, 6) is -0.404. The lowest BCUT2D eigenvalue weighted by Crippen LogP contribution is -2.52. The van der Waals surface area contributed by atoms with Crippen LogP contribution in [0.5, 0.6) is 0 Å².